The van der Waals surface area contributed by atoms with Crippen molar-refractivity contribution >= 4 is 0 Å². The summed E-state index contributed by atoms with van der Waals surface area (Å²) in [5.41, 5.74) is 3.89. The van der Waals surface area contributed by atoms with Crippen LogP contribution >= 0.6 is 0 Å². The van der Waals surface area contributed by atoms with Gasteiger partial charge in [0, 0.05) is 0 Å². The number of hydrogen-bond acceptors (Lipinski definition) is 3. The molecule has 0 N–H and O–H groups in total. The number of aromatic nitrogens is 4. The third-order valence-corrected chi connectivity index (χ3v) is 2.59. The standard InChI is InChI=1S/C13H18N4/c1-10-7-11(8-13(2,3)4)5-6-12(10)17-9-14-15-16-17/h5-7,9H,8H2,1-4H3. The van der Waals surface area contributed by atoms with Gasteiger partial charge in [0.15, 0.2) is 0 Å². The summed E-state index contributed by atoms with van der Waals surface area (Å²) in [6.07, 6.45) is 2.69. The second-order valence-corrected chi connectivity index (χ2v) is 5.61. The summed E-state index contributed by atoms with van der Waals surface area (Å²) in [7, 11) is 0. The molecule has 1 heterocycles. The molecule has 1 aromatic heterocycles. The van der Waals surface area contributed by atoms with Crippen molar-refractivity contribution in [2.75, 3.05) is 0 Å². The van der Waals surface area contributed by atoms with Crippen molar-refractivity contribution in [2.24, 2.45) is 5.41 Å². The zero-order valence-corrected chi connectivity index (χ0v) is 10.8. The minimum atomic E-state index is 0.308. The van der Waals surface area contributed by atoms with E-state index >= 15 is 0 Å². The van der Waals surface area contributed by atoms with Crippen LogP contribution in [0.2, 0.25) is 0 Å². The van der Waals surface area contributed by atoms with Crippen LogP contribution in [-0.2, 0) is 6.42 Å². The molecule has 0 saturated carbocycles. The lowest BCUT2D eigenvalue weighted by atomic mass is 9.87. The fourth-order valence-corrected chi connectivity index (χ4v) is 1.97. The topological polar surface area (TPSA) is 43.6 Å². The van der Waals surface area contributed by atoms with E-state index in [0.717, 1.165) is 12.1 Å². The van der Waals surface area contributed by atoms with Gasteiger partial charge in [-0.2, -0.15) is 0 Å². The van der Waals surface area contributed by atoms with E-state index in [1.54, 1.807) is 11.0 Å². The van der Waals surface area contributed by atoms with Crippen LogP contribution in [0.15, 0.2) is 24.5 Å². The van der Waals surface area contributed by atoms with E-state index < -0.39 is 0 Å². The van der Waals surface area contributed by atoms with Gasteiger partial charge in [0.05, 0.1) is 5.69 Å². The highest BCUT2D eigenvalue weighted by Gasteiger charge is 2.12. The zero-order chi connectivity index (χ0) is 12.5. The molecule has 0 radical (unpaired) electrons. The van der Waals surface area contributed by atoms with Gasteiger partial charge in [0.25, 0.3) is 0 Å². The predicted molar refractivity (Wildman–Crippen MR) is 67.1 cm³/mol. The molecule has 4 nitrogen and oxygen atoms in total. The van der Waals surface area contributed by atoms with Crippen LogP contribution in [0.25, 0.3) is 5.69 Å². The molecule has 90 valence electrons. The third-order valence-electron chi connectivity index (χ3n) is 2.59. The van der Waals surface area contributed by atoms with Gasteiger partial charge in [-0.1, -0.05) is 32.9 Å². The van der Waals surface area contributed by atoms with E-state index in [2.05, 4.69) is 61.4 Å². The SMILES string of the molecule is Cc1cc(CC(C)(C)C)ccc1-n1cnnn1. The molecule has 1 aromatic carbocycles. The Kier molecular flexibility index (Phi) is 2.96. The zero-order valence-electron chi connectivity index (χ0n) is 10.8. The summed E-state index contributed by atoms with van der Waals surface area (Å²) in [4.78, 5) is 0. The highest BCUT2D eigenvalue weighted by atomic mass is 15.5. The highest BCUT2D eigenvalue weighted by molar-refractivity contribution is 5.41. The van der Waals surface area contributed by atoms with Crippen LogP contribution in [0.5, 0.6) is 0 Å². The molecular formula is C13H18N4. The average Bonchev–Trinajstić information content (AvgIpc) is 2.68. The Bertz CT molecular complexity index is 495. The molecule has 17 heavy (non-hydrogen) atoms. The van der Waals surface area contributed by atoms with E-state index in [4.69, 9.17) is 0 Å². The Hall–Kier alpha value is -1.71. The summed E-state index contributed by atoms with van der Waals surface area (Å²) < 4.78 is 1.69. The summed E-state index contributed by atoms with van der Waals surface area (Å²) in [5.74, 6) is 0. The molecule has 0 aliphatic rings. The van der Waals surface area contributed by atoms with Crippen molar-refractivity contribution in [3.05, 3.63) is 35.7 Å². The van der Waals surface area contributed by atoms with E-state index in [1.807, 2.05) is 0 Å². The van der Waals surface area contributed by atoms with Crippen molar-refractivity contribution in [1.82, 2.24) is 20.2 Å². The van der Waals surface area contributed by atoms with E-state index in [1.165, 1.54) is 11.1 Å². The summed E-state index contributed by atoms with van der Waals surface area (Å²) >= 11 is 0. The molecular weight excluding hydrogens is 212 g/mol. The molecule has 0 atom stereocenters. The second kappa shape index (κ2) is 4.28. The summed E-state index contributed by atoms with van der Waals surface area (Å²) in [6, 6.07) is 6.43. The van der Waals surface area contributed by atoms with Gasteiger partial charge in [0.2, 0.25) is 0 Å². The Morgan fingerprint density at radius 2 is 2.00 bits per heavy atom. The van der Waals surface area contributed by atoms with Gasteiger partial charge in [0.1, 0.15) is 6.33 Å². The Balaban J connectivity index is 2.30. The number of benzene rings is 1. The molecule has 0 unspecified atom stereocenters. The molecule has 0 amide bonds. The molecule has 0 fully saturated rings. The van der Waals surface area contributed by atoms with Gasteiger partial charge in [-0.05, 0) is 46.4 Å². The van der Waals surface area contributed by atoms with Crippen LogP contribution in [-0.4, -0.2) is 20.2 Å². The largest absolute Gasteiger partial charge is 0.200 e. The quantitative estimate of drug-likeness (QED) is 0.796. The van der Waals surface area contributed by atoms with Gasteiger partial charge in [-0.3, -0.25) is 0 Å². The monoisotopic (exact) mass is 230 g/mol. The van der Waals surface area contributed by atoms with Crippen LogP contribution < -0.4 is 0 Å². The Morgan fingerprint density at radius 1 is 1.24 bits per heavy atom. The summed E-state index contributed by atoms with van der Waals surface area (Å²) in [6.45, 7) is 8.83. The van der Waals surface area contributed by atoms with Gasteiger partial charge in [-0.25, -0.2) is 4.68 Å². The first-order valence-electron chi connectivity index (χ1n) is 5.79. The average molecular weight is 230 g/mol. The molecule has 2 rings (SSSR count). The lowest BCUT2D eigenvalue weighted by Gasteiger charge is -2.18. The van der Waals surface area contributed by atoms with Crippen LogP contribution in [0.4, 0.5) is 0 Å². The maximum absolute atomic E-state index is 3.91. The minimum Gasteiger partial charge on any atom is -0.200 e. The maximum atomic E-state index is 3.91. The van der Waals surface area contributed by atoms with E-state index in [0.29, 0.717) is 5.41 Å². The van der Waals surface area contributed by atoms with E-state index in [-0.39, 0.29) is 0 Å². The maximum Gasteiger partial charge on any atom is 0.143 e. The molecule has 0 saturated heterocycles. The van der Waals surface area contributed by atoms with Crippen LogP contribution in [0.3, 0.4) is 0 Å². The fourth-order valence-electron chi connectivity index (χ4n) is 1.97. The highest BCUT2D eigenvalue weighted by Crippen LogP contribution is 2.23. The third kappa shape index (κ3) is 2.90. The summed E-state index contributed by atoms with van der Waals surface area (Å²) in [5, 5.41) is 11.2. The first kappa shape index (κ1) is 11.8. The molecule has 0 spiro atoms. The number of aryl methyl sites for hydroxylation is 1. The van der Waals surface area contributed by atoms with Gasteiger partial charge >= 0.3 is 0 Å². The Morgan fingerprint density at radius 3 is 2.53 bits per heavy atom. The molecule has 0 aliphatic heterocycles. The second-order valence-electron chi connectivity index (χ2n) is 5.61. The van der Waals surface area contributed by atoms with Crippen molar-refractivity contribution < 1.29 is 0 Å². The van der Waals surface area contributed by atoms with Crippen LogP contribution in [0.1, 0.15) is 31.9 Å². The van der Waals surface area contributed by atoms with Gasteiger partial charge < -0.3 is 0 Å². The number of hydrogen-bond donors (Lipinski definition) is 0. The number of rotatable bonds is 2. The lowest BCUT2D eigenvalue weighted by Crippen LogP contribution is -2.09. The normalized spacial score (nSPS) is 11.8. The first-order valence-corrected chi connectivity index (χ1v) is 5.79. The smallest absolute Gasteiger partial charge is 0.143 e. The first-order chi connectivity index (χ1) is 7.96. The van der Waals surface area contributed by atoms with Crippen molar-refractivity contribution in [2.45, 2.75) is 34.1 Å². The number of tetrazole rings is 1. The molecule has 0 aliphatic carbocycles. The van der Waals surface area contributed by atoms with Crippen molar-refractivity contribution in [1.29, 1.82) is 0 Å². The van der Waals surface area contributed by atoms with Crippen molar-refractivity contribution in [3.63, 3.8) is 0 Å². The van der Waals surface area contributed by atoms with Crippen LogP contribution in [0, 0.1) is 12.3 Å². The van der Waals surface area contributed by atoms with Crippen molar-refractivity contribution in [3.8, 4) is 5.69 Å². The van der Waals surface area contributed by atoms with Gasteiger partial charge in [-0.15, -0.1) is 5.10 Å². The number of nitrogens with zero attached hydrogens (tertiary/aromatic N) is 4. The molecule has 2 aromatic rings. The molecule has 0 bridgehead atoms. The molecule has 4 heteroatoms. The predicted octanol–water partition coefficient (Wildman–Crippen LogP) is 2.56. The fraction of sp³-hybridized carbons (Fsp3) is 0.462. The Labute approximate surface area is 102 Å². The minimum absolute atomic E-state index is 0.308. The lowest BCUT2D eigenvalue weighted by molar-refractivity contribution is 0.411. The van der Waals surface area contributed by atoms with E-state index in [9.17, 15) is 0 Å².